The summed E-state index contributed by atoms with van der Waals surface area (Å²) in [6.07, 6.45) is 15.5. The first-order valence-electron chi connectivity index (χ1n) is 22.1. The molecule has 0 bridgehead atoms. The van der Waals surface area contributed by atoms with E-state index < -0.39 is 12.3 Å². The third-order valence-electron chi connectivity index (χ3n) is 11.3. The molecule has 6 heteroatoms. The molecule has 0 unspecified atom stereocenters. The molecule has 0 N–H and O–H groups in total. The van der Waals surface area contributed by atoms with Crippen molar-refractivity contribution >= 4 is 55.4 Å². The molecule has 6 aromatic rings. The van der Waals surface area contributed by atoms with E-state index in [1.807, 2.05) is 24.3 Å². The Kier molecular flexibility index (Phi) is 15.8. The number of fused-ring (bicyclic) bond motifs is 4. The third-order valence-corrected chi connectivity index (χ3v) is 11.3. The monoisotopic (exact) mass is 782 g/mol. The van der Waals surface area contributed by atoms with Crippen molar-refractivity contribution in [1.29, 1.82) is 0 Å². The number of carbonyl (C=O) groups excluding carboxylic acids is 2. The molecule has 6 rings (SSSR count). The topological polar surface area (TPSA) is 71.1 Å². The van der Waals surface area contributed by atoms with Crippen molar-refractivity contribution < 1.29 is 28.5 Å². The fourth-order valence-corrected chi connectivity index (χ4v) is 8.19. The summed E-state index contributed by atoms with van der Waals surface area (Å²) in [6, 6.07) is 29.6. The Labute approximate surface area is 345 Å². The van der Waals surface area contributed by atoms with Crippen LogP contribution >= 0.6 is 0 Å². The molecular weight excluding hydrogens is 721 g/mol. The molecule has 0 radical (unpaired) electrons. The lowest BCUT2D eigenvalue weighted by atomic mass is 9.84. The van der Waals surface area contributed by atoms with Gasteiger partial charge < -0.3 is 18.9 Å². The third kappa shape index (κ3) is 10.3. The van der Waals surface area contributed by atoms with Crippen LogP contribution in [0.25, 0.3) is 54.2 Å². The van der Waals surface area contributed by atoms with Crippen LogP contribution in [0.5, 0.6) is 11.5 Å². The van der Waals surface area contributed by atoms with Gasteiger partial charge in [0.25, 0.3) is 0 Å². The molecule has 58 heavy (non-hydrogen) atoms. The zero-order valence-electron chi connectivity index (χ0n) is 35.3. The Morgan fingerprint density at radius 2 is 0.759 bits per heavy atom. The van der Waals surface area contributed by atoms with Gasteiger partial charge in [0.15, 0.2) is 0 Å². The summed E-state index contributed by atoms with van der Waals surface area (Å²) < 4.78 is 23.6. The standard InChI is InChI=1S/C52H62O6/c1-5-9-13-15-23-37-29-31-43-45(35-37)47(39-25-17-19-27-41(39)49(43)57-51(53)55-33-21-11-7-3)48-40-26-18-20-28-42(40)50(58-52(54)56-34-22-12-8-4)44-32-30-38(36-46(44)48)24-16-14-10-6-2/h17-20,25-32,35-36H,5-16,21-24,33-34H2,1-4H3. The second-order valence-corrected chi connectivity index (χ2v) is 15.7. The first kappa shape index (κ1) is 42.5. The molecule has 6 nitrogen and oxygen atoms in total. The van der Waals surface area contributed by atoms with Crippen LogP contribution in [-0.2, 0) is 22.3 Å². The summed E-state index contributed by atoms with van der Waals surface area (Å²) in [5, 5.41) is 7.30. The summed E-state index contributed by atoms with van der Waals surface area (Å²) in [6.45, 7) is 9.37. The van der Waals surface area contributed by atoms with E-state index in [0.717, 1.165) is 118 Å². The Morgan fingerprint density at radius 3 is 1.16 bits per heavy atom. The van der Waals surface area contributed by atoms with Gasteiger partial charge in [0.2, 0.25) is 0 Å². The average molecular weight is 783 g/mol. The van der Waals surface area contributed by atoms with Gasteiger partial charge in [-0.15, -0.1) is 0 Å². The van der Waals surface area contributed by atoms with Crippen LogP contribution < -0.4 is 9.47 Å². The zero-order chi connectivity index (χ0) is 40.7. The van der Waals surface area contributed by atoms with E-state index in [1.54, 1.807) is 0 Å². The SMILES string of the molecule is CCCCCCc1ccc2c(OC(=O)OCCCCC)c3ccccc3c(-c3c4ccccc4c(OC(=O)OCCCCC)c4ccc(CCCCCC)cc34)c2c1. The van der Waals surface area contributed by atoms with Crippen molar-refractivity contribution in [3.8, 4) is 22.6 Å². The molecule has 0 saturated carbocycles. The number of hydrogen-bond donors (Lipinski definition) is 0. The molecule has 0 aliphatic carbocycles. The Morgan fingerprint density at radius 1 is 0.397 bits per heavy atom. The van der Waals surface area contributed by atoms with Gasteiger partial charge in [-0.3, -0.25) is 0 Å². The molecule has 306 valence electrons. The number of benzene rings is 6. The number of unbranched alkanes of at least 4 members (excludes halogenated alkanes) is 10. The lowest BCUT2D eigenvalue weighted by Gasteiger charge is -2.22. The van der Waals surface area contributed by atoms with Crippen LogP contribution in [0.1, 0.15) is 129 Å². The molecule has 0 aliphatic rings. The van der Waals surface area contributed by atoms with Gasteiger partial charge in [0, 0.05) is 21.5 Å². The van der Waals surface area contributed by atoms with E-state index in [1.165, 1.54) is 49.7 Å². The number of rotatable bonds is 21. The second kappa shape index (κ2) is 21.6. The van der Waals surface area contributed by atoms with E-state index >= 15 is 0 Å². The van der Waals surface area contributed by atoms with Crippen LogP contribution in [0.4, 0.5) is 9.59 Å². The van der Waals surface area contributed by atoms with Crippen LogP contribution in [0, 0.1) is 0 Å². The molecule has 0 spiro atoms. The lowest BCUT2D eigenvalue weighted by Crippen LogP contribution is -2.12. The van der Waals surface area contributed by atoms with Gasteiger partial charge in [-0.25, -0.2) is 9.59 Å². The highest BCUT2D eigenvalue weighted by atomic mass is 16.7. The maximum atomic E-state index is 13.3. The summed E-state index contributed by atoms with van der Waals surface area (Å²) >= 11 is 0. The average Bonchev–Trinajstić information content (AvgIpc) is 3.24. The first-order valence-corrected chi connectivity index (χ1v) is 22.1. The van der Waals surface area contributed by atoms with Gasteiger partial charge >= 0.3 is 12.3 Å². The van der Waals surface area contributed by atoms with E-state index in [0.29, 0.717) is 24.7 Å². The van der Waals surface area contributed by atoms with Crippen LogP contribution in [0.3, 0.4) is 0 Å². The summed E-state index contributed by atoms with van der Waals surface area (Å²) in [5.41, 5.74) is 4.60. The van der Waals surface area contributed by atoms with E-state index in [-0.39, 0.29) is 0 Å². The first-order chi connectivity index (χ1) is 28.5. The minimum absolute atomic E-state index is 0.321. The van der Waals surface area contributed by atoms with Gasteiger partial charge in [-0.2, -0.15) is 0 Å². The fourth-order valence-electron chi connectivity index (χ4n) is 8.19. The van der Waals surface area contributed by atoms with E-state index in [4.69, 9.17) is 18.9 Å². The van der Waals surface area contributed by atoms with Crippen molar-refractivity contribution in [2.24, 2.45) is 0 Å². The molecule has 6 aromatic carbocycles. The van der Waals surface area contributed by atoms with Gasteiger partial charge in [0.1, 0.15) is 11.5 Å². The summed E-state index contributed by atoms with van der Waals surface area (Å²) in [7, 11) is 0. The minimum atomic E-state index is -0.689. The molecular formula is C52H62O6. The Hall–Kier alpha value is -5.10. The highest BCUT2D eigenvalue weighted by molar-refractivity contribution is 6.27. The van der Waals surface area contributed by atoms with Gasteiger partial charge in [0.05, 0.1) is 13.2 Å². The normalized spacial score (nSPS) is 11.4. The highest BCUT2D eigenvalue weighted by Gasteiger charge is 2.25. The Balaban J connectivity index is 1.62. The minimum Gasteiger partial charge on any atom is -0.434 e. The molecule has 0 fully saturated rings. The van der Waals surface area contributed by atoms with Crippen LogP contribution in [0.15, 0.2) is 84.9 Å². The molecule has 0 heterocycles. The lowest BCUT2D eigenvalue weighted by molar-refractivity contribution is 0.0973. The molecule has 0 atom stereocenters. The van der Waals surface area contributed by atoms with Crippen molar-refractivity contribution in [3.63, 3.8) is 0 Å². The van der Waals surface area contributed by atoms with Crippen molar-refractivity contribution in [2.75, 3.05) is 13.2 Å². The predicted octanol–water partition coefficient (Wildman–Crippen LogP) is 15.6. The molecule has 0 saturated heterocycles. The number of carbonyl (C=O) groups is 2. The number of aryl methyl sites for hydroxylation is 2. The van der Waals surface area contributed by atoms with Crippen molar-refractivity contribution in [3.05, 3.63) is 96.1 Å². The fraction of sp³-hybridized carbons (Fsp3) is 0.423. The van der Waals surface area contributed by atoms with Crippen molar-refractivity contribution in [1.82, 2.24) is 0 Å². The number of hydrogen-bond acceptors (Lipinski definition) is 6. The van der Waals surface area contributed by atoms with Gasteiger partial charge in [-0.05, 0) is 82.3 Å². The molecule has 0 aromatic heterocycles. The number of ether oxygens (including phenoxy) is 4. The highest BCUT2D eigenvalue weighted by Crippen LogP contribution is 2.50. The maximum Gasteiger partial charge on any atom is 0.513 e. The maximum absolute atomic E-state index is 13.3. The van der Waals surface area contributed by atoms with E-state index in [9.17, 15) is 9.59 Å². The van der Waals surface area contributed by atoms with Crippen LogP contribution in [0.2, 0.25) is 0 Å². The molecule has 0 aliphatic heterocycles. The largest absolute Gasteiger partial charge is 0.513 e. The van der Waals surface area contributed by atoms with Crippen molar-refractivity contribution in [2.45, 2.75) is 130 Å². The predicted molar refractivity (Wildman–Crippen MR) is 241 cm³/mol. The smallest absolute Gasteiger partial charge is 0.434 e. The summed E-state index contributed by atoms with van der Waals surface area (Å²) in [4.78, 5) is 26.7. The quantitative estimate of drug-likeness (QED) is 0.0313. The summed E-state index contributed by atoms with van der Waals surface area (Å²) in [5.74, 6) is 1.01. The zero-order valence-corrected chi connectivity index (χ0v) is 35.3. The van der Waals surface area contributed by atoms with Crippen LogP contribution in [-0.4, -0.2) is 25.5 Å². The van der Waals surface area contributed by atoms with Gasteiger partial charge in [-0.1, -0.05) is 177 Å². The second-order valence-electron chi connectivity index (χ2n) is 15.7. The Bertz CT molecular complexity index is 2140. The molecule has 0 amide bonds. The van der Waals surface area contributed by atoms with E-state index in [2.05, 4.69) is 88.4 Å².